The van der Waals surface area contributed by atoms with Gasteiger partial charge in [-0.1, -0.05) is 49.1 Å². The second kappa shape index (κ2) is 9.72. The molecule has 0 bridgehead atoms. The largest absolute Gasteiger partial charge is 0.251 e. The Kier molecular flexibility index (Phi) is 7.29. The summed E-state index contributed by atoms with van der Waals surface area (Å²) in [4.78, 5) is 4.14. The van der Waals surface area contributed by atoms with E-state index in [1.165, 1.54) is 4.90 Å². The van der Waals surface area contributed by atoms with Crippen LogP contribution in [0.4, 0.5) is 0 Å². The van der Waals surface area contributed by atoms with E-state index in [0.29, 0.717) is 0 Å². The zero-order chi connectivity index (χ0) is 17.2. The molecule has 1 aromatic heterocycles. The van der Waals surface area contributed by atoms with E-state index in [9.17, 15) is 0 Å². The Morgan fingerprint density at radius 2 is 1.67 bits per heavy atom. The first-order valence-corrected chi connectivity index (χ1v) is 8.44. The van der Waals surface area contributed by atoms with E-state index < -0.39 is 0 Å². The molecule has 0 fully saturated rings. The fraction of sp³-hybridized carbons (Fsp3) is 0.105. The first-order valence-electron chi connectivity index (χ1n) is 7.62. The van der Waals surface area contributed by atoms with Gasteiger partial charge in [-0.25, -0.2) is 4.68 Å². The predicted molar refractivity (Wildman–Crippen MR) is 103 cm³/mol. The van der Waals surface area contributed by atoms with Crippen molar-refractivity contribution in [3.63, 3.8) is 0 Å². The van der Waals surface area contributed by atoms with Gasteiger partial charge >= 0.3 is 0 Å². The van der Waals surface area contributed by atoms with Gasteiger partial charge in [-0.2, -0.15) is 9.93 Å². The third-order valence-electron chi connectivity index (χ3n) is 3.19. The van der Waals surface area contributed by atoms with Crippen molar-refractivity contribution in [2.45, 2.75) is 11.8 Å². The van der Waals surface area contributed by atoms with Crippen molar-refractivity contribution in [2.75, 3.05) is 7.05 Å². The highest BCUT2D eigenvalue weighted by molar-refractivity contribution is 7.97. The maximum atomic E-state index is 4.40. The van der Waals surface area contributed by atoms with Gasteiger partial charge in [0.2, 0.25) is 0 Å². The number of hydrogen-bond donors (Lipinski definition) is 2. The minimum atomic E-state index is 1.00. The molecule has 0 spiro atoms. The number of benzene rings is 2. The van der Waals surface area contributed by atoms with Gasteiger partial charge in [0.15, 0.2) is 0 Å². The average molecular weight is 338 g/mol. The van der Waals surface area contributed by atoms with Gasteiger partial charge in [0.25, 0.3) is 0 Å². The van der Waals surface area contributed by atoms with Crippen LogP contribution in [0.3, 0.4) is 0 Å². The van der Waals surface area contributed by atoms with Crippen LogP contribution < -0.4 is 10.3 Å². The third-order valence-corrected chi connectivity index (χ3v) is 4.01. The summed E-state index contributed by atoms with van der Waals surface area (Å²) in [5.74, 6) is 0. The zero-order valence-electron chi connectivity index (χ0n) is 13.9. The minimum Gasteiger partial charge on any atom is -0.251 e. The van der Waals surface area contributed by atoms with E-state index in [2.05, 4.69) is 34.1 Å². The summed E-state index contributed by atoms with van der Waals surface area (Å²) in [7, 11) is 1.84. The molecule has 3 aromatic rings. The number of aromatic nitrogens is 2. The first kappa shape index (κ1) is 18.0. The van der Waals surface area contributed by atoms with E-state index in [1.54, 1.807) is 11.9 Å². The van der Waals surface area contributed by atoms with Gasteiger partial charge in [0.1, 0.15) is 0 Å². The number of hydrazine groups is 1. The highest BCUT2D eigenvalue weighted by atomic mass is 32.2. The number of nitrogens with zero attached hydrogens (tertiary/aromatic N) is 2. The second-order valence-corrected chi connectivity index (χ2v) is 5.80. The van der Waals surface area contributed by atoms with Gasteiger partial charge in [0, 0.05) is 16.7 Å². The summed E-state index contributed by atoms with van der Waals surface area (Å²) in [6, 6.07) is 20.2. The Hall–Kier alpha value is -2.34. The summed E-state index contributed by atoms with van der Waals surface area (Å²) < 4.78 is 1.87. The predicted octanol–water partition coefficient (Wildman–Crippen LogP) is 4.24. The normalized spacial score (nSPS) is 9.92. The molecule has 0 aliphatic carbocycles. The topological polar surface area (TPSA) is 41.9 Å². The second-order valence-electron chi connectivity index (χ2n) is 4.92. The lowest BCUT2D eigenvalue weighted by molar-refractivity contribution is 0.817. The van der Waals surface area contributed by atoms with Crippen LogP contribution in [-0.4, -0.2) is 16.8 Å². The molecule has 0 saturated carbocycles. The first-order chi connectivity index (χ1) is 11.7. The molecule has 2 N–H and O–H groups in total. The molecule has 0 radical (unpaired) electrons. The lowest BCUT2D eigenvalue weighted by Crippen LogP contribution is -2.18. The molecule has 0 amide bonds. The summed E-state index contributed by atoms with van der Waals surface area (Å²) in [5, 5.41) is 4.40. The summed E-state index contributed by atoms with van der Waals surface area (Å²) in [6.07, 6.45) is 3.80. The Balaban J connectivity index is 0.000000185. The van der Waals surface area contributed by atoms with E-state index in [1.807, 2.05) is 79.5 Å². The molecule has 4 nitrogen and oxygen atoms in total. The van der Waals surface area contributed by atoms with Crippen LogP contribution in [0.2, 0.25) is 0 Å². The molecule has 2 aromatic carbocycles. The third kappa shape index (κ3) is 5.38. The van der Waals surface area contributed by atoms with Crippen LogP contribution in [0.1, 0.15) is 11.3 Å². The lowest BCUT2D eigenvalue weighted by atomic mass is 10.3. The van der Waals surface area contributed by atoms with E-state index in [-0.39, 0.29) is 0 Å². The van der Waals surface area contributed by atoms with E-state index in [4.69, 9.17) is 0 Å². The molecule has 0 unspecified atom stereocenters. The Morgan fingerprint density at radius 3 is 2.21 bits per heavy atom. The number of nitrogens with one attached hydrogen (secondary N) is 2. The van der Waals surface area contributed by atoms with Crippen molar-refractivity contribution >= 4 is 18.0 Å². The average Bonchev–Trinajstić information content (AvgIpc) is 3.03. The summed E-state index contributed by atoms with van der Waals surface area (Å²) >= 11 is 1.56. The maximum absolute atomic E-state index is 4.40. The highest BCUT2D eigenvalue weighted by Gasteiger charge is 2.01. The molecular weight excluding hydrogens is 316 g/mol. The van der Waals surface area contributed by atoms with Crippen molar-refractivity contribution in [1.29, 1.82) is 0 Å². The molecule has 0 saturated heterocycles. The van der Waals surface area contributed by atoms with Gasteiger partial charge in [-0.05, 0) is 50.2 Å². The molecule has 0 aliphatic rings. The molecule has 24 heavy (non-hydrogen) atoms. The number of aryl methyl sites for hydroxylation is 1. The van der Waals surface area contributed by atoms with Crippen LogP contribution in [-0.2, 0) is 0 Å². The minimum absolute atomic E-state index is 1.00. The fourth-order valence-corrected chi connectivity index (χ4v) is 2.50. The van der Waals surface area contributed by atoms with Crippen molar-refractivity contribution in [1.82, 2.24) is 20.0 Å². The van der Waals surface area contributed by atoms with Crippen LogP contribution in [0.25, 0.3) is 11.8 Å². The molecule has 3 rings (SSSR count). The molecular formula is C19H22N4S. The van der Waals surface area contributed by atoms with Gasteiger partial charge in [-0.3, -0.25) is 5.43 Å². The zero-order valence-corrected chi connectivity index (χ0v) is 14.8. The standard InChI is InChI=1S/C12H12N2.C7H10N2S/c1-3-11-9-14(13-10(11)2)12-7-5-4-6-8-12;1-8-9-10-7-5-3-2-4-6-7/h3-9H,1H2,2H3;2-6,8-9H,1H3. The molecule has 5 heteroatoms. The summed E-state index contributed by atoms with van der Waals surface area (Å²) in [5.41, 5.74) is 5.98. The maximum Gasteiger partial charge on any atom is 0.0670 e. The van der Waals surface area contributed by atoms with Crippen molar-refractivity contribution in [2.24, 2.45) is 0 Å². The van der Waals surface area contributed by atoms with Crippen LogP contribution in [0.15, 0.2) is 78.3 Å². The Morgan fingerprint density at radius 1 is 1.04 bits per heavy atom. The molecule has 1 heterocycles. The number of hydrogen-bond acceptors (Lipinski definition) is 4. The highest BCUT2D eigenvalue weighted by Crippen LogP contribution is 2.12. The van der Waals surface area contributed by atoms with E-state index >= 15 is 0 Å². The van der Waals surface area contributed by atoms with Crippen LogP contribution in [0, 0.1) is 6.92 Å². The fourth-order valence-electron chi connectivity index (χ4n) is 1.99. The van der Waals surface area contributed by atoms with Gasteiger partial charge in [-0.15, -0.1) is 0 Å². The van der Waals surface area contributed by atoms with Crippen molar-refractivity contribution in [3.8, 4) is 5.69 Å². The van der Waals surface area contributed by atoms with Gasteiger partial charge < -0.3 is 0 Å². The van der Waals surface area contributed by atoms with Crippen molar-refractivity contribution < 1.29 is 0 Å². The number of para-hydroxylation sites is 1. The Labute approximate surface area is 147 Å². The Bertz CT molecular complexity index is 739. The van der Waals surface area contributed by atoms with Crippen LogP contribution >= 0.6 is 11.9 Å². The number of rotatable bonds is 5. The molecule has 124 valence electrons. The molecule has 0 atom stereocenters. The monoisotopic (exact) mass is 338 g/mol. The van der Waals surface area contributed by atoms with Gasteiger partial charge in [0.05, 0.1) is 11.4 Å². The SMILES string of the molecule is C=Cc1cn(-c2ccccc2)nc1C.CNNSc1ccccc1. The van der Waals surface area contributed by atoms with E-state index in [0.717, 1.165) is 16.9 Å². The molecule has 0 aliphatic heterocycles. The van der Waals surface area contributed by atoms with Crippen LogP contribution in [0.5, 0.6) is 0 Å². The smallest absolute Gasteiger partial charge is 0.0670 e. The lowest BCUT2D eigenvalue weighted by Gasteiger charge is -1.99. The van der Waals surface area contributed by atoms with Crippen molar-refractivity contribution in [3.05, 3.63) is 84.7 Å². The summed E-state index contributed by atoms with van der Waals surface area (Å²) in [6.45, 7) is 5.73. The quantitative estimate of drug-likeness (QED) is 0.539.